The lowest BCUT2D eigenvalue weighted by molar-refractivity contribution is -0.116. The molecule has 176 valence electrons. The highest BCUT2D eigenvalue weighted by atomic mass is 32.2. The number of sulfonamides is 1. The highest BCUT2D eigenvalue weighted by molar-refractivity contribution is 7.99. The van der Waals surface area contributed by atoms with Gasteiger partial charge < -0.3 is 9.32 Å². The van der Waals surface area contributed by atoms with Crippen molar-refractivity contribution < 1.29 is 17.6 Å². The first kappa shape index (κ1) is 23.5. The molecule has 4 rings (SSSR count). The van der Waals surface area contributed by atoms with E-state index in [1.54, 1.807) is 35.4 Å². The van der Waals surface area contributed by atoms with Gasteiger partial charge in [-0.25, -0.2) is 8.42 Å². The maximum absolute atomic E-state index is 13.0. The molecule has 1 aromatic carbocycles. The van der Waals surface area contributed by atoms with Crippen LogP contribution in [0.15, 0.2) is 51.1 Å². The monoisotopic (exact) mass is 489 g/mol. The summed E-state index contributed by atoms with van der Waals surface area (Å²) in [5.74, 6) is 1.41. The lowest BCUT2D eigenvalue weighted by Crippen LogP contribution is -2.31. The number of carbonyl (C=O) groups is 1. The fourth-order valence-corrected chi connectivity index (χ4v) is 6.37. The molecule has 33 heavy (non-hydrogen) atoms. The Morgan fingerprint density at radius 1 is 1.18 bits per heavy atom. The molecule has 3 aromatic rings. The number of hydrogen-bond acceptors (Lipinski definition) is 7. The van der Waals surface area contributed by atoms with E-state index in [0.29, 0.717) is 49.3 Å². The van der Waals surface area contributed by atoms with Gasteiger partial charge in [0.1, 0.15) is 0 Å². The van der Waals surface area contributed by atoms with Crippen LogP contribution in [0, 0.1) is 0 Å². The molecular weight excluding hydrogens is 462 g/mol. The predicted octanol–water partition coefficient (Wildman–Crippen LogP) is 3.27. The zero-order valence-electron chi connectivity index (χ0n) is 18.9. The standard InChI is InChI=1S/C22H27N5O4S2/c1-4-25(5-2)33(29,30)17-9-10-18-16(14-17)11-12-27(18)20(28)15-32-22-24-23-21(26(22)6-3)19-8-7-13-31-19/h7-10,13-14H,4-6,11-12,15H2,1-3H3. The van der Waals surface area contributed by atoms with Gasteiger partial charge in [0.05, 0.1) is 16.9 Å². The average molecular weight is 490 g/mol. The Kier molecular flexibility index (Phi) is 6.91. The number of furan rings is 1. The van der Waals surface area contributed by atoms with Gasteiger partial charge in [0.15, 0.2) is 16.7 Å². The van der Waals surface area contributed by atoms with Crippen LogP contribution in [0.3, 0.4) is 0 Å². The second-order valence-corrected chi connectivity index (χ2v) is 10.4. The Morgan fingerprint density at radius 3 is 2.64 bits per heavy atom. The number of anilines is 1. The normalized spacial score (nSPS) is 13.6. The van der Waals surface area contributed by atoms with Gasteiger partial charge in [-0.15, -0.1) is 10.2 Å². The van der Waals surface area contributed by atoms with E-state index in [2.05, 4.69) is 10.2 Å². The zero-order chi connectivity index (χ0) is 23.6. The van der Waals surface area contributed by atoms with Crippen molar-refractivity contribution in [1.82, 2.24) is 19.1 Å². The molecule has 1 aliphatic rings. The van der Waals surface area contributed by atoms with Gasteiger partial charge in [0.2, 0.25) is 15.9 Å². The van der Waals surface area contributed by atoms with Gasteiger partial charge in [-0.2, -0.15) is 4.31 Å². The minimum absolute atomic E-state index is 0.0525. The summed E-state index contributed by atoms with van der Waals surface area (Å²) in [6, 6.07) is 8.65. The summed E-state index contributed by atoms with van der Waals surface area (Å²) >= 11 is 1.33. The number of thioether (sulfide) groups is 1. The quantitative estimate of drug-likeness (QED) is 0.425. The smallest absolute Gasteiger partial charge is 0.243 e. The Bertz CT molecular complexity index is 1230. The molecule has 1 aliphatic heterocycles. The summed E-state index contributed by atoms with van der Waals surface area (Å²) in [5, 5.41) is 9.10. The molecular formula is C22H27N5O4S2. The number of benzene rings is 1. The van der Waals surface area contributed by atoms with Gasteiger partial charge in [-0.3, -0.25) is 9.36 Å². The number of nitrogens with zero attached hydrogens (tertiary/aromatic N) is 5. The summed E-state index contributed by atoms with van der Waals surface area (Å²) in [7, 11) is -3.53. The van der Waals surface area contributed by atoms with Crippen molar-refractivity contribution >= 4 is 33.4 Å². The molecule has 0 atom stereocenters. The molecule has 9 nitrogen and oxygen atoms in total. The van der Waals surface area contributed by atoms with Crippen LogP contribution in [0.2, 0.25) is 0 Å². The Labute approximate surface area is 197 Å². The van der Waals surface area contributed by atoms with Gasteiger partial charge in [-0.05, 0) is 49.2 Å². The fourth-order valence-electron chi connectivity index (χ4n) is 3.98. The SMILES string of the molecule is CCN(CC)S(=O)(=O)c1ccc2c(c1)CCN2C(=O)CSc1nnc(-c2ccco2)n1CC. The van der Waals surface area contributed by atoms with E-state index in [9.17, 15) is 13.2 Å². The molecule has 0 N–H and O–H groups in total. The highest BCUT2D eigenvalue weighted by Gasteiger charge is 2.29. The number of carbonyl (C=O) groups excluding carboxylic acids is 1. The molecule has 3 heterocycles. The van der Waals surface area contributed by atoms with Gasteiger partial charge in [-0.1, -0.05) is 25.6 Å². The van der Waals surface area contributed by atoms with Crippen LogP contribution in [0.5, 0.6) is 0 Å². The van der Waals surface area contributed by atoms with E-state index in [1.807, 2.05) is 31.4 Å². The lowest BCUT2D eigenvalue weighted by atomic mass is 10.2. The maximum atomic E-state index is 13.0. The van der Waals surface area contributed by atoms with Crippen LogP contribution >= 0.6 is 11.8 Å². The van der Waals surface area contributed by atoms with Gasteiger partial charge in [0.25, 0.3) is 0 Å². The van der Waals surface area contributed by atoms with Crippen molar-refractivity contribution in [3.8, 4) is 11.6 Å². The Balaban J connectivity index is 1.48. The van der Waals surface area contributed by atoms with Crippen LogP contribution in [0.1, 0.15) is 26.3 Å². The maximum Gasteiger partial charge on any atom is 0.243 e. The summed E-state index contributed by atoms with van der Waals surface area (Å²) in [5.41, 5.74) is 1.64. The lowest BCUT2D eigenvalue weighted by Gasteiger charge is -2.20. The van der Waals surface area contributed by atoms with Gasteiger partial charge >= 0.3 is 0 Å². The summed E-state index contributed by atoms with van der Waals surface area (Å²) in [6.45, 7) is 7.65. The molecule has 2 aromatic heterocycles. The van der Waals surface area contributed by atoms with Gasteiger partial charge in [0, 0.05) is 31.9 Å². The van der Waals surface area contributed by atoms with E-state index in [4.69, 9.17) is 4.42 Å². The van der Waals surface area contributed by atoms with E-state index in [0.717, 1.165) is 11.3 Å². The number of aromatic nitrogens is 3. The summed E-state index contributed by atoms with van der Waals surface area (Å²) < 4.78 is 34.5. The first-order chi connectivity index (χ1) is 15.9. The first-order valence-corrected chi connectivity index (χ1v) is 13.4. The molecule has 0 saturated heterocycles. The molecule has 0 spiro atoms. The van der Waals surface area contributed by atoms with Crippen molar-refractivity contribution in [3.63, 3.8) is 0 Å². The van der Waals surface area contributed by atoms with E-state index >= 15 is 0 Å². The largest absolute Gasteiger partial charge is 0.461 e. The third kappa shape index (κ3) is 4.44. The average Bonchev–Trinajstić information content (AvgIpc) is 3.56. The third-order valence-electron chi connectivity index (χ3n) is 5.69. The van der Waals surface area contributed by atoms with Crippen molar-refractivity contribution in [1.29, 1.82) is 0 Å². The Morgan fingerprint density at radius 2 is 1.97 bits per heavy atom. The second-order valence-electron chi connectivity index (χ2n) is 7.49. The minimum atomic E-state index is -3.53. The first-order valence-electron chi connectivity index (χ1n) is 10.9. The molecule has 0 aliphatic carbocycles. The summed E-state index contributed by atoms with van der Waals surface area (Å²) in [6.07, 6.45) is 2.21. The molecule has 0 radical (unpaired) electrons. The van der Waals surface area contributed by atoms with Crippen LogP contribution in [0.4, 0.5) is 5.69 Å². The Hall–Kier alpha value is -2.63. The summed E-state index contributed by atoms with van der Waals surface area (Å²) in [4.78, 5) is 15.0. The molecule has 0 bridgehead atoms. The number of rotatable bonds is 9. The predicted molar refractivity (Wildman–Crippen MR) is 127 cm³/mol. The van der Waals surface area contributed by atoms with E-state index < -0.39 is 10.0 Å². The van der Waals surface area contributed by atoms with E-state index in [1.165, 1.54) is 16.1 Å². The number of fused-ring (bicyclic) bond motifs is 1. The third-order valence-corrected chi connectivity index (χ3v) is 8.69. The fraction of sp³-hybridized carbons (Fsp3) is 0.409. The van der Waals surface area contributed by atoms with Crippen LogP contribution in [-0.4, -0.2) is 58.8 Å². The molecule has 0 saturated carbocycles. The van der Waals surface area contributed by atoms with Crippen LogP contribution in [-0.2, 0) is 27.8 Å². The number of hydrogen-bond donors (Lipinski definition) is 0. The van der Waals surface area contributed by atoms with Crippen molar-refractivity contribution in [2.75, 3.05) is 30.3 Å². The van der Waals surface area contributed by atoms with Crippen molar-refractivity contribution in [3.05, 3.63) is 42.2 Å². The van der Waals surface area contributed by atoms with Crippen molar-refractivity contribution in [2.24, 2.45) is 0 Å². The van der Waals surface area contributed by atoms with E-state index in [-0.39, 0.29) is 16.6 Å². The van der Waals surface area contributed by atoms with Crippen molar-refractivity contribution in [2.45, 2.75) is 43.8 Å². The second kappa shape index (κ2) is 9.70. The van der Waals surface area contributed by atoms with Crippen LogP contribution < -0.4 is 4.90 Å². The highest BCUT2D eigenvalue weighted by Crippen LogP contribution is 2.32. The number of amides is 1. The zero-order valence-corrected chi connectivity index (χ0v) is 20.5. The molecule has 11 heteroatoms. The minimum Gasteiger partial charge on any atom is -0.461 e. The van der Waals surface area contributed by atoms with Crippen LogP contribution in [0.25, 0.3) is 11.6 Å². The molecule has 0 fully saturated rings. The molecule has 1 amide bonds. The topological polar surface area (TPSA) is 102 Å². The molecule has 0 unspecified atom stereocenters.